The number of rotatable bonds is 4. The van der Waals surface area contributed by atoms with E-state index in [4.69, 9.17) is 11.0 Å². The Morgan fingerprint density at radius 2 is 1.91 bits per heavy atom. The fourth-order valence-corrected chi connectivity index (χ4v) is 4.29. The molecule has 1 aliphatic heterocycles. The van der Waals surface area contributed by atoms with Crippen LogP contribution in [0, 0.1) is 29.6 Å². The van der Waals surface area contributed by atoms with E-state index in [1.54, 1.807) is 4.57 Å². The smallest absolute Gasteiger partial charge is 0.329 e. The number of nitrogens with two attached hydrogens (primary N) is 1. The number of nitrogen functional groups attached to an aromatic ring is 1. The first-order valence-corrected chi connectivity index (χ1v) is 11.4. The number of aryl methyl sites for hydroxylation is 1. The van der Waals surface area contributed by atoms with Gasteiger partial charge in [-0.1, -0.05) is 0 Å². The van der Waals surface area contributed by atoms with Gasteiger partial charge in [-0.2, -0.15) is 5.26 Å². The highest BCUT2D eigenvalue weighted by Crippen LogP contribution is 2.39. The largest absolute Gasteiger partial charge is 0.398 e. The Morgan fingerprint density at radius 1 is 1.28 bits per heavy atom. The van der Waals surface area contributed by atoms with Gasteiger partial charge < -0.3 is 16.0 Å². The lowest BCUT2D eigenvalue weighted by molar-refractivity contribution is 0.429. The highest BCUT2D eigenvalue weighted by molar-refractivity contribution is 5.96. The number of anilines is 2. The third kappa shape index (κ3) is 4.83. The molecular weight excluding hydrogens is 404 g/mol. The number of hydrogen-bond acceptors (Lipinski definition) is 6. The van der Waals surface area contributed by atoms with Crippen molar-refractivity contribution < 1.29 is 0 Å². The van der Waals surface area contributed by atoms with Crippen LogP contribution >= 0.6 is 0 Å². The standard InChI is InChI=1S/C19H27N5O2.C5H9N/c1-10-15(23-7-6-12(9-23)11(2)21-3)8-14(20)16-17(10)24(13-4-5-13)19(26)22-18(16)25;1-5(2,3)4-6/h8,11-13,21H,4-7,9,20H2,1-3H3,(H,22,25,26);1-3H3. The van der Waals surface area contributed by atoms with E-state index in [1.807, 2.05) is 40.8 Å². The lowest BCUT2D eigenvalue weighted by Crippen LogP contribution is -2.33. The third-order valence-electron chi connectivity index (χ3n) is 6.44. The van der Waals surface area contributed by atoms with Crippen molar-refractivity contribution in [2.24, 2.45) is 11.3 Å². The molecule has 2 aromatic rings. The van der Waals surface area contributed by atoms with Crippen LogP contribution in [0.3, 0.4) is 0 Å². The molecule has 0 amide bonds. The second-order valence-electron chi connectivity index (χ2n) is 10.1. The first-order chi connectivity index (χ1) is 15.0. The molecule has 8 heteroatoms. The molecule has 0 spiro atoms. The van der Waals surface area contributed by atoms with Gasteiger partial charge in [0, 0.05) is 42.0 Å². The number of benzene rings is 1. The van der Waals surface area contributed by atoms with Crippen LogP contribution in [-0.2, 0) is 0 Å². The summed E-state index contributed by atoms with van der Waals surface area (Å²) in [6, 6.07) is 4.63. The fourth-order valence-electron chi connectivity index (χ4n) is 4.29. The predicted octanol–water partition coefficient (Wildman–Crippen LogP) is 2.91. The van der Waals surface area contributed by atoms with Crippen LogP contribution in [0.1, 0.15) is 58.6 Å². The molecule has 0 radical (unpaired) electrons. The Hall–Kier alpha value is -2.79. The van der Waals surface area contributed by atoms with E-state index in [9.17, 15) is 9.59 Å². The maximum Gasteiger partial charge on any atom is 0.329 e. The van der Waals surface area contributed by atoms with E-state index in [1.165, 1.54) is 0 Å². The topological polar surface area (TPSA) is 120 Å². The van der Waals surface area contributed by atoms with Crippen molar-refractivity contribution in [1.82, 2.24) is 14.9 Å². The Bertz CT molecular complexity index is 1150. The summed E-state index contributed by atoms with van der Waals surface area (Å²) < 4.78 is 1.75. The summed E-state index contributed by atoms with van der Waals surface area (Å²) in [5.74, 6) is 0.570. The molecule has 1 aliphatic carbocycles. The molecule has 4 rings (SSSR count). The van der Waals surface area contributed by atoms with E-state index in [-0.39, 0.29) is 17.1 Å². The second kappa shape index (κ2) is 8.99. The minimum Gasteiger partial charge on any atom is -0.398 e. The van der Waals surface area contributed by atoms with Gasteiger partial charge in [-0.05, 0) is 78.5 Å². The van der Waals surface area contributed by atoms with Gasteiger partial charge in [0.15, 0.2) is 0 Å². The zero-order valence-electron chi connectivity index (χ0n) is 20.1. The van der Waals surface area contributed by atoms with E-state index in [0.29, 0.717) is 28.6 Å². The first-order valence-electron chi connectivity index (χ1n) is 11.4. The van der Waals surface area contributed by atoms with Crippen LogP contribution in [-0.4, -0.2) is 35.7 Å². The molecule has 1 saturated carbocycles. The molecule has 2 atom stereocenters. The van der Waals surface area contributed by atoms with E-state index >= 15 is 0 Å². The van der Waals surface area contributed by atoms with Crippen molar-refractivity contribution in [3.63, 3.8) is 0 Å². The van der Waals surface area contributed by atoms with Gasteiger partial charge in [0.05, 0.1) is 17.0 Å². The van der Waals surface area contributed by atoms with Crippen LogP contribution in [0.25, 0.3) is 10.9 Å². The molecule has 1 aromatic heterocycles. The molecular formula is C24H36N6O2. The average Bonchev–Trinajstić information content (AvgIpc) is 3.44. The van der Waals surface area contributed by atoms with Crippen LogP contribution in [0.2, 0.25) is 0 Å². The van der Waals surface area contributed by atoms with Gasteiger partial charge >= 0.3 is 5.69 Å². The Morgan fingerprint density at radius 3 is 2.44 bits per heavy atom. The SMILES string of the molecule is CC(C)(C)C#N.CNC(C)C1CCN(c2cc(N)c3c(=O)[nH]c(=O)n(C4CC4)c3c2C)C1. The number of hydrogen-bond donors (Lipinski definition) is 3. The van der Waals surface area contributed by atoms with Crippen LogP contribution in [0.4, 0.5) is 11.4 Å². The van der Waals surface area contributed by atoms with Gasteiger partial charge in [0.25, 0.3) is 5.56 Å². The van der Waals surface area contributed by atoms with E-state index in [0.717, 1.165) is 43.6 Å². The summed E-state index contributed by atoms with van der Waals surface area (Å²) in [5, 5.41) is 11.9. The Balaban J connectivity index is 0.000000427. The van der Waals surface area contributed by atoms with Crippen LogP contribution < -0.4 is 27.2 Å². The van der Waals surface area contributed by atoms with Gasteiger partial charge in [-0.3, -0.25) is 14.3 Å². The van der Waals surface area contributed by atoms with Gasteiger partial charge in [-0.15, -0.1) is 0 Å². The Kier molecular flexibility index (Phi) is 6.70. The zero-order valence-corrected chi connectivity index (χ0v) is 20.1. The molecule has 2 heterocycles. The number of fused-ring (bicyclic) bond motifs is 1. The number of H-pyrrole nitrogens is 1. The fraction of sp³-hybridized carbons (Fsp3) is 0.625. The highest BCUT2D eigenvalue weighted by atomic mass is 16.2. The molecule has 2 aliphatic rings. The van der Waals surface area contributed by atoms with Crippen molar-refractivity contribution in [2.45, 2.75) is 66.0 Å². The second-order valence-corrected chi connectivity index (χ2v) is 10.1. The van der Waals surface area contributed by atoms with Crippen molar-refractivity contribution in [3.8, 4) is 6.07 Å². The maximum atomic E-state index is 12.5. The van der Waals surface area contributed by atoms with Gasteiger partial charge in [0.2, 0.25) is 0 Å². The molecule has 8 nitrogen and oxygen atoms in total. The van der Waals surface area contributed by atoms with Crippen molar-refractivity contribution in [3.05, 3.63) is 32.5 Å². The number of nitrogens with zero attached hydrogens (tertiary/aromatic N) is 3. The van der Waals surface area contributed by atoms with E-state index in [2.05, 4.69) is 28.2 Å². The summed E-state index contributed by atoms with van der Waals surface area (Å²) >= 11 is 0. The minimum atomic E-state index is -0.392. The van der Waals surface area contributed by atoms with Gasteiger partial charge in [-0.25, -0.2) is 4.79 Å². The van der Waals surface area contributed by atoms with Crippen molar-refractivity contribution in [1.29, 1.82) is 5.26 Å². The Labute approximate surface area is 189 Å². The number of nitrogens with one attached hydrogen (secondary N) is 2. The summed E-state index contributed by atoms with van der Waals surface area (Å²) in [6.07, 6.45) is 3.05. The molecule has 1 saturated heterocycles. The highest BCUT2D eigenvalue weighted by Gasteiger charge is 2.31. The monoisotopic (exact) mass is 440 g/mol. The van der Waals surface area contributed by atoms with Crippen LogP contribution in [0.5, 0.6) is 0 Å². The molecule has 1 aromatic carbocycles. The summed E-state index contributed by atoms with van der Waals surface area (Å²) in [7, 11) is 1.99. The number of aromatic amines is 1. The lowest BCUT2D eigenvalue weighted by Gasteiger charge is -2.25. The average molecular weight is 441 g/mol. The third-order valence-corrected chi connectivity index (χ3v) is 6.44. The molecule has 32 heavy (non-hydrogen) atoms. The predicted molar refractivity (Wildman–Crippen MR) is 130 cm³/mol. The quantitative estimate of drug-likeness (QED) is 0.629. The molecule has 0 bridgehead atoms. The maximum absolute atomic E-state index is 12.5. The van der Waals surface area contributed by atoms with Crippen molar-refractivity contribution >= 4 is 22.3 Å². The van der Waals surface area contributed by atoms with Gasteiger partial charge in [0.1, 0.15) is 0 Å². The molecule has 4 N–H and O–H groups in total. The van der Waals surface area contributed by atoms with E-state index < -0.39 is 5.56 Å². The first kappa shape index (κ1) is 23.9. The molecule has 2 unspecified atom stereocenters. The number of aromatic nitrogens is 2. The summed E-state index contributed by atoms with van der Waals surface area (Å²) in [4.78, 5) is 29.6. The zero-order chi connectivity index (χ0) is 23.8. The lowest BCUT2D eigenvalue weighted by atomic mass is 10.0. The summed E-state index contributed by atoms with van der Waals surface area (Å²) in [5.41, 5.74) is 8.58. The normalized spacial score (nSPS) is 19.4. The summed E-state index contributed by atoms with van der Waals surface area (Å²) in [6.45, 7) is 11.8. The molecule has 174 valence electrons. The number of nitriles is 1. The minimum absolute atomic E-state index is 0.153. The molecule has 2 fully saturated rings. The van der Waals surface area contributed by atoms with Crippen LogP contribution in [0.15, 0.2) is 15.7 Å². The van der Waals surface area contributed by atoms with Crippen molar-refractivity contribution in [2.75, 3.05) is 30.8 Å².